The van der Waals surface area contributed by atoms with E-state index >= 15 is 0 Å². The van der Waals surface area contributed by atoms with E-state index in [2.05, 4.69) is 76.4 Å². The van der Waals surface area contributed by atoms with Gasteiger partial charge in [0, 0.05) is 24.4 Å². The van der Waals surface area contributed by atoms with Gasteiger partial charge in [-0.1, -0.05) is 75.7 Å². The topological polar surface area (TPSA) is 85.2 Å². The lowest BCUT2D eigenvalue weighted by molar-refractivity contribution is 0.543. The first kappa shape index (κ1) is 19.9. The van der Waals surface area contributed by atoms with Crippen molar-refractivity contribution in [1.29, 1.82) is 0 Å². The predicted octanol–water partition coefficient (Wildman–Crippen LogP) is 4.64. The van der Waals surface area contributed by atoms with Crippen molar-refractivity contribution in [3.05, 3.63) is 65.7 Å². The van der Waals surface area contributed by atoms with Gasteiger partial charge < -0.3 is 0 Å². The number of nitrogens with one attached hydrogen (secondary N) is 1. The third-order valence-corrected chi connectivity index (χ3v) is 5.15. The van der Waals surface area contributed by atoms with Gasteiger partial charge in [0.2, 0.25) is 5.82 Å². The van der Waals surface area contributed by atoms with E-state index in [4.69, 9.17) is 10.1 Å². The molecule has 2 heterocycles. The number of aromatic nitrogens is 7. The normalized spacial score (nSPS) is 11.3. The van der Waals surface area contributed by atoms with Gasteiger partial charge in [-0.05, 0) is 28.3 Å². The van der Waals surface area contributed by atoms with Gasteiger partial charge in [0.1, 0.15) is 5.82 Å². The van der Waals surface area contributed by atoms with Crippen molar-refractivity contribution in [1.82, 2.24) is 35.4 Å². The summed E-state index contributed by atoms with van der Waals surface area (Å²) in [5.41, 5.74) is 4.38. The van der Waals surface area contributed by atoms with E-state index in [1.54, 1.807) is 0 Å². The Kier molecular flexibility index (Phi) is 5.97. The monoisotopic (exact) mass is 401 g/mol. The minimum Gasteiger partial charge on any atom is -0.249 e. The number of unbranched alkanes of at least 4 members (excludes halogenated alkanes) is 1. The Balaban J connectivity index is 1.59. The molecule has 4 aromatic rings. The van der Waals surface area contributed by atoms with Crippen molar-refractivity contribution in [3.63, 3.8) is 0 Å². The molecule has 2 aromatic carbocycles. The molecule has 154 valence electrons. The highest BCUT2D eigenvalue weighted by Crippen LogP contribution is 2.30. The van der Waals surface area contributed by atoms with Gasteiger partial charge in [-0.25, -0.2) is 9.67 Å². The first-order valence-corrected chi connectivity index (χ1v) is 10.5. The highest BCUT2D eigenvalue weighted by atomic mass is 15.5. The number of rotatable bonds is 8. The van der Waals surface area contributed by atoms with Crippen molar-refractivity contribution in [2.45, 2.75) is 52.5 Å². The summed E-state index contributed by atoms with van der Waals surface area (Å²) < 4.78 is 2.08. The smallest absolute Gasteiger partial charge is 0.205 e. The van der Waals surface area contributed by atoms with Gasteiger partial charge in [0.15, 0.2) is 5.82 Å². The molecule has 7 heteroatoms. The highest BCUT2D eigenvalue weighted by molar-refractivity contribution is 5.80. The molecule has 30 heavy (non-hydrogen) atoms. The van der Waals surface area contributed by atoms with Crippen LogP contribution in [0.4, 0.5) is 0 Å². The largest absolute Gasteiger partial charge is 0.249 e. The average molecular weight is 402 g/mol. The third-order valence-electron chi connectivity index (χ3n) is 5.15. The molecule has 0 unspecified atom stereocenters. The minimum atomic E-state index is 0.329. The number of aromatic amines is 1. The van der Waals surface area contributed by atoms with E-state index in [9.17, 15) is 0 Å². The fourth-order valence-electron chi connectivity index (χ4n) is 3.45. The quantitative estimate of drug-likeness (QED) is 0.465. The van der Waals surface area contributed by atoms with Crippen molar-refractivity contribution in [2.75, 3.05) is 0 Å². The van der Waals surface area contributed by atoms with E-state index in [-0.39, 0.29) is 0 Å². The second-order valence-corrected chi connectivity index (χ2v) is 7.77. The molecule has 0 aliphatic carbocycles. The number of hydrogen-bond acceptors (Lipinski definition) is 5. The second-order valence-electron chi connectivity index (χ2n) is 7.77. The minimum absolute atomic E-state index is 0.329. The zero-order valence-corrected chi connectivity index (χ0v) is 17.7. The molecule has 0 saturated carbocycles. The molecule has 0 saturated heterocycles. The van der Waals surface area contributed by atoms with Gasteiger partial charge in [-0.2, -0.15) is 10.3 Å². The molecule has 0 amide bonds. The number of benzene rings is 2. The standard InChI is InChI=1S/C23H27N7/c1-4-5-14-30-21(24-22(27-30)16(2)3)15-17-10-12-18(13-11-17)19-8-6-7-9-20(19)23-25-28-29-26-23/h6-13,16H,4-5,14-15H2,1-3H3,(H,25,26,28,29). The molecule has 0 fully saturated rings. The Morgan fingerprint density at radius 2 is 1.77 bits per heavy atom. The van der Waals surface area contributed by atoms with Crippen LogP contribution in [0.3, 0.4) is 0 Å². The molecule has 0 bridgehead atoms. The summed E-state index contributed by atoms with van der Waals surface area (Å²) in [5.74, 6) is 2.88. The summed E-state index contributed by atoms with van der Waals surface area (Å²) in [6.07, 6.45) is 3.03. The van der Waals surface area contributed by atoms with Crippen LogP contribution in [0.1, 0.15) is 56.7 Å². The van der Waals surface area contributed by atoms with Crippen LogP contribution in [-0.2, 0) is 13.0 Å². The van der Waals surface area contributed by atoms with Gasteiger partial charge in [0.25, 0.3) is 0 Å². The Morgan fingerprint density at radius 1 is 1.00 bits per heavy atom. The highest BCUT2D eigenvalue weighted by Gasteiger charge is 2.14. The molecule has 7 nitrogen and oxygen atoms in total. The van der Waals surface area contributed by atoms with Crippen molar-refractivity contribution >= 4 is 0 Å². The summed E-state index contributed by atoms with van der Waals surface area (Å²) in [6.45, 7) is 7.39. The number of nitrogens with zero attached hydrogens (tertiary/aromatic N) is 6. The van der Waals surface area contributed by atoms with Crippen LogP contribution < -0.4 is 0 Å². The molecule has 1 N–H and O–H groups in total. The first-order valence-electron chi connectivity index (χ1n) is 10.5. The van der Waals surface area contributed by atoms with Crippen LogP contribution in [0.25, 0.3) is 22.5 Å². The lowest BCUT2D eigenvalue weighted by Gasteiger charge is -2.09. The predicted molar refractivity (Wildman–Crippen MR) is 117 cm³/mol. The maximum atomic E-state index is 4.81. The first-order chi connectivity index (χ1) is 14.7. The molecule has 0 radical (unpaired) electrons. The number of hydrogen-bond donors (Lipinski definition) is 1. The Labute approximate surface area is 176 Å². The van der Waals surface area contributed by atoms with E-state index in [1.807, 2.05) is 18.2 Å². The van der Waals surface area contributed by atoms with Gasteiger partial charge in [0.05, 0.1) is 0 Å². The zero-order valence-electron chi connectivity index (χ0n) is 17.7. The average Bonchev–Trinajstić information content (AvgIpc) is 3.43. The van der Waals surface area contributed by atoms with Crippen molar-refractivity contribution < 1.29 is 0 Å². The Bertz CT molecular complexity index is 1080. The summed E-state index contributed by atoms with van der Waals surface area (Å²) >= 11 is 0. The fourth-order valence-corrected chi connectivity index (χ4v) is 3.45. The summed E-state index contributed by atoms with van der Waals surface area (Å²) in [4.78, 5) is 4.81. The molecular formula is C23H27N7. The maximum Gasteiger partial charge on any atom is 0.205 e. The maximum absolute atomic E-state index is 4.81. The number of tetrazole rings is 1. The van der Waals surface area contributed by atoms with Gasteiger partial charge in [-0.3, -0.25) is 0 Å². The van der Waals surface area contributed by atoms with Crippen LogP contribution in [0.5, 0.6) is 0 Å². The van der Waals surface area contributed by atoms with Gasteiger partial charge in [-0.15, -0.1) is 10.2 Å². The number of aryl methyl sites for hydroxylation is 1. The molecule has 0 atom stereocenters. The zero-order chi connectivity index (χ0) is 20.9. The molecule has 0 spiro atoms. The fraction of sp³-hybridized carbons (Fsp3) is 0.348. The molecule has 0 aliphatic rings. The summed E-state index contributed by atoms with van der Waals surface area (Å²) in [7, 11) is 0. The van der Waals surface area contributed by atoms with Crippen LogP contribution in [0, 0.1) is 0 Å². The van der Waals surface area contributed by atoms with E-state index < -0.39 is 0 Å². The van der Waals surface area contributed by atoms with Crippen LogP contribution >= 0.6 is 0 Å². The van der Waals surface area contributed by atoms with E-state index in [1.165, 1.54) is 5.56 Å². The lowest BCUT2D eigenvalue weighted by Crippen LogP contribution is -2.06. The van der Waals surface area contributed by atoms with E-state index in [0.29, 0.717) is 11.7 Å². The van der Waals surface area contributed by atoms with Crippen LogP contribution in [0.2, 0.25) is 0 Å². The van der Waals surface area contributed by atoms with Crippen molar-refractivity contribution in [2.24, 2.45) is 0 Å². The van der Waals surface area contributed by atoms with Crippen LogP contribution in [-0.4, -0.2) is 35.4 Å². The third kappa shape index (κ3) is 4.30. The Morgan fingerprint density at radius 3 is 2.43 bits per heavy atom. The summed E-state index contributed by atoms with van der Waals surface area (Å²) in [5, 5.41) is 19.2. The summed E-state index contributed by atoms with van der Waals surface area (Å²) in [6, 6.07) is 16.7. The lowest BCUT2D eigenvalue weighted by atomic mass is 9.98. The molecule has 0 aliphatic heterocycles. The Hall–Kier alpha value is -3.35. The number of H-pyrrole nitrogens is 1. The molecule has 2 aromatic heterocycles. The van der Waals surface area contributed by atoms with E-state index in [0.717, 1.165) is 54.1 Å². The van der Waals surface area contributed by atoms with Gasteiger partial charge >= 0.3 is 0 Å². The van der Waals surface area contributed by atoms with Crippen LogP contribution in [0.15, 0.2) is 48.5 Å². The molecular weight excluding hydrogens is 374 g/mol. The SMILES string of the molecule is CCCCn1nc(C(C)C)nc1Cc1ccc(-c2ccccc2-c2nn[nH]n2)cc1. The second kappa shape index (κ2) is 8.98. The van der Waals surface area contributed by atoms with Crippen molar-refractivity contribution in [3.8, 4) is 22.5 Å². The molecule has 4 rings (SSSR count).